The number of hydrogen-bond donors (Lipinski definition) is 17. The quantitative estimate of drug-likeness (QED) is 0.0417. The number of aromatic nitrogens is 2. The SMILES string of the molecule is CC(N)CCCCCCCC(N)CCCCCCCC(N)CCCCCCCC(N)CCCCCCCC(O)CCNC(=O)CC(O)C(NC(=O)C1NC(=O)C(CC(N)=O)NC(=O)C(NC(=O)[C@H](Cc2cnc[nH]2)NC(=O)CC(N)C(=O)O)CC(=O)NC1C)C(C)C. The van der Waals surface area contributed by atoms with Gasteiger partial charge in [0.2, 0.25) is 47.3 Å². The van der Waals surface area contributed by atoms with Crippen molar-refractivity contribution in [1.82, 2.24) is 47.2 Å². The summed E-state index contributed by atoms with van der Waals surface area (Å²) >= 11 is 0. The second kappa shape index (κ2) is 47.9. The van der Waals surface area contributed by atoms with Crippen molar-refractivity contribution >= 4 is 53.2 Å². The van der Waals surface area contributed by atoms with Gasteiger partial charge >= 0.3 is 5.97 Å². The highest BCUT2D eigenvalue weighted by molar-refractivity contribution is 5.99. The highest BCUT2D eigenvalue weighted by atomic mass is 16.4. The third kappa shape index (κ3) is 38.4. The number of nitrogens with zero attached hydrogens (tertiary/aromatic N) is 1. The number of unbranched alkanes of at least 4 members (excludes halogenated alkanes) is 16. The van der Waals surface area contributed by atoms with E-state index in [2.05, 4.69) is 54.1 Å². The molecule has 2 heterocycles. The van der Waals surface area contributed by atoms with E-state index in [0.29, 0.717) is 36.7 Å². The molecule has 2 rings (SSSR count). The summed E-state index contributed by atoms with van der Waals surface area (Å²) in [7, 11) is 0. The minimum absolute atomic E-state index is 0.150. The smallest absolute Gasteiger partial charge is 0.321 e. The van der Waals surface area contributed by atoms with Crippen LogP contribution in [-0.2, 0) is 49.6 Å². The monoisotopic (exact) mass is 1300 g/mol. The van der Waals surface area contributed by atoms with E-state index >= 15 is 0 Å². The standard InChI is InChI=1S/C65H121N15O12/c1-42(2)59(79-64(90)60-44(4)75-58(86)38-53(62(88)77-52(37-55(71)83)63(89)80-60)78-61(87)51(35-48-40-72-41-74-48)76-57(85)36-50(70)65(91)92)54(82)39-56(84)73-34-33-49(81)32-24-16-8-15-23-31-47(69)30-22-14-7-13-21-29-46(68)28-20-12-6-11-19-27-45(67)26-18-10-5-9-17-25-43(3)66/h40-47,49-54,59-60,81-82H,5-39,66-70H2,1-4H3,(H2,71,83)(H,72,74)(H,73,84)(H,75,86)(H,76,85)(H,77,88)(H,78,87)(H,79,90)(H,80,89)(H,91,92)/t43?,44?,45?,46?,47?,49?,50?,51-,52?,53?,54?,59?,60?/m0/s1. The lowest BCUT2D eigenvalue weighted by atomic mass is 9.95. The Bertz CT molecular complexity index is 2280. The van der Waals surface area contributed by atoms with Gasteiger partial charge in [-0.25, -0.2) is 4.98 Å². The molecule has 0 spiro atoms. The van der Waals surface area contributed by atoms with Crippen LogP contribution in [0.2, 0.25) is 0 Å². The number of imidazole rings is 1. The summed E-state index contributed by atoms with van der Waals surface area (Å²) in [4.78, 5) is 125. The van der Waals surface area contributed by atoms with Gasteiger partial charge in [0.25, 0.3) is 0 Å². The lowest BCUT2D eigenvalue weighted by molar-refractivity contribution is -0.140. The van der Waals surface area contributed by atoms with Crippen molar-refractivity contribution in [3.63, 3.8) is 0 Å². The van der Waals surface area contributed by atoms with Crippen LogP contribution < -0.4 is 71.6 Å². The predicted molar refractivity (Wildman–Crippen MR) is 354 cm³/mol. The molecule has 1 fully saturated rings. The fourth-order valence-electron chi connectivity index (χ4n) is 11.5. The van der Waals surface area contributed by atoms with Crippen molar-refractivity contribution in [1.29, 1.82) is 0 Å². The van der Waals surface area contributed by atoms with Crippen LogP contribution in [0.3, 0.4) is 0 Å². The number of carboxylic acid groups (broad SMARTS) is 1. The van der Waals surface area contributed by atoms with Gasteiger partial charge in [0.1, 0.15) is 30.2 Å². The van der Waals surface area contributed by atoms with Crippen LogP contribution in [0.15, 0.2) is 12.5 Å². The minimum atomic E-state index is -1.75. The molecule has 8 amide bonds. The fraction of sp³-hybridized carbons (Fsp3) is 0.815. The predicted octanol–water partition coefficient (Wildman–Crippen LogP) is 2.49. The molecule has 13 atom stereocenters. The molecule has 1 aromatic rings. The number of nitrogens with one attached hydrogen (secondary N) is 8. The first-order chi connectivity index (χ1) is 43.7. The van der Waals surface area contributed by atoms with Gasteiger partial charge in [-0.05, 0) is 77.6 Å². The summed E-state index contributed by atoms with van der Waals surface area (Å²) in [6, 6.07) is -9.27. The van der Waals surface area contributed by atoms with Crippen LogP contribution >= 0.6 is 0 Å². The summed E-state index contributed by atoms with van der Waals surface area (Å²) in [5.74, 6) is -9.47. The van der Waals surface area contributed by atoms with Gasteiger partial charge in [0, 0.05) is 49.0 Å². The average Bonchev–Trinajstić information content (AvgIpc) is 2.04. The van der Waals surface area contributed by atoms with Crippen molar-refractivity contribution in [2.45, 2.75) is 325 Å². The largest absolute Gasteiger partial charge is 0.480 e. The van der Waals surface area contributed by atoms with Gasteiger partial charge in [-0.2, -0.15) is 0 Å². The van der Waals surface area contributed by atoms with E-state index in [4.69, 9.17) is 34.4 Å². The van der Waals surface area contributed by atoms with Crippen LogP contribution in [0.25, 0.3) is 0 Å². The summed E-state index contributed by atoms with van der Waals surface area (Å²) in [6.07, 6.45) is 29.8. The molecule has 528 valence electrons. The molecule has 27 heteroatoms. The number of carbonyl (C=O) groups excluding carboxylic acids is 8. The molecule has 0 aromatic carbocycles. The van der Waals surface area contributed by atoms with Crippen molar-refractivity contribution in [2.75, 3.05) is 6.54 Å². The minimum Gasteiger partial charge on any atom is -0.480 e. The number of carboxylic acids is 1. The molecule has 0 saturated carbocycles. The Labute approximate surface area is 546 Å². The molecule has 1 saturated heterocycles. The third-order valence-electron chi connectivity index (χ3n) is 17.2. The Hall–Kier alpha value is -5.84. The van der Waals surface area contributed by atoms with Crippen molar-refractivity contribution in [2.24, 2.45) is 40.3 Å². The first kappa shape index (κ1) is 82.3. The summed E-state index contributed by atoms with van der Waals surface area (Å²) in [6.45, 7) is 6.96. The topological polar surface area (TPSA) is 483 Å². The Balaban J connectivity index is 1.69. The molecule has 1 aliphatic rings. The number of H-pyrrole nitrogens is 1. The second-order valence-electron chi connectivity index (χ2n) is 26.4. The van der Waals surface area contributed by atoms with E-state index in [0.717, 1.165) is 83.5 Å². The molecule has 1 aromatic heterocycles. The van der Waals surface area contributed by atoms with Gasteiger partial charge in [-0.3, -0.25) is 43.2 Å². The van der Waals surface area contributed by atoms with Crippen molar-refractivity contribution in [3.8, 4) is 0 Å². The van der Waals surface area contributed by atoms with E-state index in [1.807, 2.05) is 0 Å². The zero-order valence-corrected chi connectivity index (χ0v) is 55.9. The number of carbonyl (C=O) groups is 9. The maximum absolute atomic E-state index is 14.1. The zero-order valence-electron chi connectivity index (χ0n) is 55.9. The van der Waals surface area contributed by atoms with Gasteiger partial charge < -0.3 is 91.9 Å². The van der Waals surface area contributed by atoms with Crippen LogP contribution in [0.4, 0.5) is 0 Å². The summed E-state index contributed by atoms with van der Waals surface area (Å²) in [5.41, 5.74) is 36.4. The number of rotatable bonds is 51. The van der Waals surface area contributed by atoms with Crippen LogP contribution in [-0.4, -0.2) is 164 Å². The average molecular weight is 1300 g/mol. The van der Waals surface area contributed by atoms with Crippen LogP contribution in [0.5, 0.6) is 0 Å². The number of aromatic amines is 1. The van der Waals surface area contributed by atoms with Gasteiger partial charge in [0.05, 0.1) is 56.3 Å². The van der Waals surface area contributed by atoms with Gasteiger partial charge in [-0.1, -0.05) is 142 Å². The van der Waals surface area contributed by atoms with Gasteiger partial charge in [-0.15, -0.1) is 0 Å². The Morgan fingerprint density at radius 2 is 1.11 bits per heavy atom. The number of nitrogens with two attached hydrogens (primary N) is 6. The molecule has 1 aliphatic heterocycles. The summed E-state index contributed by atoms with van der Waals surface area (Å²) < 4.78 is 0. The summed E-state index contributed by atoms with van der Waals surface area (Å²) in [5, 5.41) is 48.5. The Morgan fingerprint density at radius 3 is 1.57 bits per heavy atom. The van der Waals surface area contributed by atoms with E-state index in [9.17, 15) is 58.5 Å². The second-order valence-corrected chi connectivity index (χ2v) is 26.4. The van der Waals surface area contributed by atoms with Crippen LogP contribution in [0, 0.1) is 5.92 Å². The molecular weight excluding hydrogens is 1180 g/mol. The molecule has 23 N–H and O–H groups in total. The number of aliphatic hydroxyl groups is 2. The molecule has 0 radical (unpaired) electrons. The Morgan fingerprint density at radius 1 is 0.620 bits per heavy atom. The Kier molecular flexibility index (Phi) is 42.9. The van der Waals surface area contributed by atoms with Crippen molar-refractivity contribution in [3.05, 3.63) is 18.2 Å². The highest BCUT2D eigenvalue weighted by Gasteiger charge is 2.39. The molecule has 0 aliphatic carbocycles. The fourth-order valence-corrected chi connectivity index (χ4v) is 11.5. The first-order valence-corrected chi connectivity index (χ1v) is 34.4. The molecule has 0 bridgehead atoms. The maximum Gasteiger partial charge on any atom is 0.321 e. The lowest BCUT2D eigenvalue weighted by Gasteiger charge is -2.32. The third-order valence-corrected chi connectivity index (χ3v) is 17.2. The maximum atomic E-state index is 14.1. The van der Waals surface area contributed by atoms with E-state index < -0.39 is 139 Å². The van der Waals surface area contributed by atoms with E-state index in [1.54, 1.807) is 13.8 Å². The zero-order chi connectivity index (χ0) is 68.4. The first-order valence-electron chi connectivity index (χ1n) is 34.4. The number of primary amides is 1. The molecule has 12 unspecified atom stereocenters. The van der Waals surface area contributed by atoms with Gasteiger partial charge in [0.15, 0.2) is 0 Å². The lowest BCUT2D eigenvalue weighted by Crippen LogP contribution is -2.62. The number of amides is 8. The number of hydrogen-bond acceptors (Lipinski definition) is 17. The van der Waals surface area contributed by atoms with E-state index in [1.165, 1.54) is 109 Å². The van der Waals surface area contributed by atoms with Crippen LogP contribution in [0.1, 0.15) is 245 Å². The normalized spacial score (nSPS) is 19.3. The molecular formula is C65H121N15O12. The highest BCUT2D eigenvalue weighted by Crippen LogP contribution is 2.19. The number of aliphatic carboxylic acids is 1. The number of aliphatic hydroxyl groups excluding tert-OH is 2. The van der Waals surface area contributed by atoms with E-state index in [-0.39, 0.29) is 19.0 Å². The molecule has 27 nitrogen and oxygen atoms in total. The van der Waals surface area contributed by atoms with Crippen molar-refractivity contribution < 1.29 is 58.5 Å². The molecule has 92 heavy (non-hydrogen) atoms.